The normalized spacial score (nSPS) is 16.0. The van der Waals surface area contributed by atoms with E-state index in [1.54, 1.807) is 19.2 Å². The fourth-order valence-electron chi connectivity index (χ4n) is 3.60. The summed E-state index contributed by atoms with van der Waals surface area (Å²) < 4.78 is 38.1. The molecule has 1 fully saturated rings. The molecule has 2 heterocycles. The quantitative estimate of drug-likeness (QED) is 0.596. The van der Waals surface area contributed by atoms with Crippen LogP contribution >= 0.6 is 0 Å². The highest BCUT2D eigenvalue weighted by Crippen LogP contribution is 2.29. The van der Waals surface area contributed by atoms with Crippen molar-refractivity contribution >= 4 is 5.96 Å². The van der Waals surface area contributed by atoms with Gasteiger partial charge in [0.25, 0.3) is 0 Å². The molecule has 1 aromatic heterocycles. The second kappa shape index (κ2) is 9.93. The van der Waals surface area contributed by atoms with Crippen LogP contribution in [-0.2, 0) is 19.1 Å². The third kappa shape index (κ3) is 5.95. The summed E-state index contributed by atoms with van der Waals surface area (Å²) >= 11 is 0. The summed E-state index contributed by atoms with van der Waals surface area (Å²) in [5.41, 5.74) is 2.75. The van der Waals surface area contributed by atoms with Gasteiger partial charge in [-0.1, -0.05) is 12.1 Å². The van der Waals surface area contributed by atoms with Gasteiger partial charge in [0, 0.05) is 58.7 Å². The number of benzene rings is 1. The average molecular weight is 419 g/mol. The standard InChI is InChI=1S/C22H28F3N5/c1-17-15-27-9-7-19(17)8-10-28-21(26-2)30-13-11-29(12-14-30)16-18-3-5-20(6-4-18)22(23,24)25/h3-7,9,15H,8,10-14,16H2,1-2H3,(H,26,28). The Hall–Kier alpha value is -2.61. The zero-order chi connectivity index (χ0) is 21.6. The Morgan fingerprint density at radius 1 is 1.10 bits per heavy atom. The summed E-state index contributed by atoms with van der Waals surface area (Å²) in [6.45, 7) is 6.84. The molecule has 0 spiro atoms. The van der Waals surface area contributed by atoms with Gasteiger partial charge in [0.15, 0.2) is 5.96 Å². The molecule has 1 saturated heterocycles. The van der Waals surface area contributed by atoms with Crippen LogP contribution in [-0.4, -0.2) is 60.5 Å². The predicted octanol–water partition coefficient (Wildman–Crippen LogP) is 3.34. The molecule has 1 N–H and O–H groups in total. The van der Waals surface area contributed by atoms with Crippen LogP contribution in [0.2, 0.25) is 0 Å². The average Bonchev–Trinajstić information content (AvgIpc) is 2.73. The maximum absolute atomic E-state index is 12.7. The molecule has 30 heavy (non-hydrogen) atoms. The van der Waals surface area contributed by atoms with E-state index in [9.17, 15) is 13.2 Å². The lowest BCUT2D eigenvalue weighted by molar-refractivity contribution is -0.137. The van der Waals surface area contributed by atoms with Crippen LogP contribution in [0.1, 0.15) is 22.3 Å². The summed E-state index contributed by atoms with van der Waals surface area (Å²) in [7, 11) is 1.79. The maximum Gasteiger partial charge on any atom is 0.416 e. The predicted molar refractivity (Wildman–Crippen MR) is 112 cm³/mol. The van der Waals surface area contributed by atoms with Crippen LogP contribution in [0.3, 0.4) is 0 Å². The molecule has 0 aliphatic carbocycles. The first-order valence-electron chi connectivity index (χ1n) is 10.1. The summed E-state index contributed by atoms with van der Waals surface area (Å²) in [5.74, 6) is 0.885. The van der Waals surface area contributed by atoms with Crippen molar-refractivity contribution in [3.63, 3.8) is 0 Å². The minimum Gasteiger partial charge on any atom is -0.356 e. The van der Waals surface area contributed by atoms with Gasteiger partial charge in [-0.25, -0.2) is 0 Å². The Morgan fingerprint density at radius 2 is 1.80 bits per heavy atom. The van der Waals surface area contributed by atoms with Crippen LogP contribution in [0, 0.1) is 6.92 Å². The molecule has 0 saturated carbocycles. The fraction of sp³-hybridized carbons (Fsp3) is 0.455. The number of alkyl halides is 3. The Morgan fingerprint density at radius 3 is 2.40 bits per heavy atom. The van der Waals surface area contributed by atoms with E-state index in [2.05, 4.69) is 32.0 Å². The number of piperazine rings is 1. The van der Waals surface area contributed by atoms with Crippen molar-refractivity contribution in [3.8, 4) is 0 Å². The minimum absolute atomic E-state index is 0.604. The van der Waals surface area contributed by atoms with Crippen molar-refractivity contribution in [2.45, 2.75) is 26.1 Å². The lowest BCUT2D eigenvalue weighted by Crippen LogP contribution is -2.52. The number of aromatic nitrogens is 1. The summed E-state index contributed by atoms with van der Waals surface area (Å²) in [4.78, 5) is 13.0. The number of rotatable bonds is 5. The first-order chi connectivity index (χ1) is 14.4. The molecule has 1 aliphatic heterocycles. The van der Waals surface area contributed by atoms with E-state index in [4.69, 9.17) is 0 Å². The van der Waals surface area contributed by atoms with Gasteiger partial charge < -0.3 is 10.2 Å². The molecule has 0 radical (unpaired) electrons. The van der Waals surface area contributed by atoms with Gasteiger partial charge in [0.05, 0.1) is 5.56 Å². The number of aliphatic imine (C=N–C) groups is 1. The number of nitrogens with one attached hydrogen (secondary N) is 1. The Bertz CT molecular complexity index is 841. The van der Waals surface area contributed by atoms with E-state index >= 15 is 0 Å². The number of nitrogens with zero attached hydrogens (tertiary/aromatic N) is 4. The van der Waals surface area contributed by atoms with Gasteiger partial charge >= 0.3 is 6.18 Å². The van der Waals surface area contributed by atoms with Crippen LogP contribution < -0.4 is 5.32 Å². The van der Waals surface area contributed by atoms with Gasteiger partial charge in [-0.3, -0.25) is 14.9 Å². The highest BCUT2D eigenvalue weighted by molar-refractivity contribution is 5.80. The van der Waals surface area contributed by atoms with Crippen LogP contribution in [0.25, 0.3) is 0 Å². The van der Waals surface area contributed by atoms with Gasteiger partial charge in [-0.15, -0.1) is 0 Å². The maximum atomic E-state index is 12.7. The van der Waals surface area contributed by atoms with E-state index in [1.807, 2.05) is 18.5 Å². The van der Waals surface area contributed by atoms with Gasteiger partial charge in [-0.2, -0.15) is 13.2 Å². The fourth-order valence-corrected chi connectivity index (χ4v) is 3.60. The Labute approximate surface area is 175 Å². The van der Waals surface area contributed by atoms with Gasteiger partial charge in [0.2, 0.25) is 0 Å². The molecule has 2 aromatic rings. The van der Waals surface area contributed by atoms with Crippen molar-refractivity contribution in [2.24, 2.45) is 4.99 Å². The van der Waals surface area contributed by atoms with Gasteiger partial charge in [-0.05, 0) is 48.2 Å². The van der Waals surface area contributed by atoms with Crippen LogP contribution in [0.15, 0.2) is 47.7 Å². The number of pyridine rings is 1. The third-order valence-electron chi connectivity index (χ3n) is 5.39. The molecule has 3 rings (SSSR count). The van der Waals surface area contributed by atoms with E-state index in [0.717, 1.165) is 62.8 Å². The number of halogens is 3. The van der Waals surface area contributed by atoms with Crippen molar-refractivity contribution in [3.05, 3.63) is 65.0 Å². The molecule has 0 atom stereocenters. The summed E-state index contributed by atoms with van der Waals surface area (Å²) in [5, 5.41) is 3.43. The number of hydrogen-bond donors (Lipinski definition) is 1. The molecular formula is C22H28F3N5. The molecule has 5 nitrogen and oxygen atoms in total. The van der Waals surface area contributed by atoms with Crippen molar-refractivity contribution in [2.75, 3.05) is 39.8 Å². The molecule has 162 valence electrons. The first-order valence-corrected chi connectivity index (χ1v) is 10.1. The van der Waals surface area contributed by atoms with E-state index < -0.39 is 11.7 Å². The van der Waals surface area contributed by atoms with Crippen LogP contribution in [0.5, 0.6) is 0 Å². The molecule has 0 unspecified atom stereocenters. The largest absolute Gasteiger partial charge is 0.416 e. The van der Waals surface area contributed by atoms with E-state index in [0.29, 0.717) is 6.54 Å². The van der Waals surface area contributed by atoms with Crippen LogP contribution in [0.4, 0.5) is 13.2 Å². The molecular weight excluding hydrogens is 391 g/mol. The third-order valence-corrected chi connectivity index (χ3v) is 5.39. The lowest BCUT2D eigenvalue weighted by Gasteiger charge is -2.36. The van der Waals surface area contributed by atoms with Crippen molar-refractivity contribution in [1.29, 1.82) is 0 Å². The Kier molecular flexibility index (Phi) is 7.31. The second-order valence-corrected chi connectivity index (χ2v) is 7.48. The highest BCUT2D eigenvalue weighted by Gasteiger charge is 2.30. The lowest BCUT2D eigenvalue weighted by atomic mass is 10.1. The van der Waals surface area contributed by atoms with E-state index in [-0.39, 0.29) is 0 Å². The van der Waals surface area contributed by atoms with Gasteiger partial charge in [0.1, 0.15) is 0 Å². The Balaban J connectivity index is 1.45. The van der Waals surface area contributed by atoms with Crippen molar-refractivity contribution in [1.82, 2.24) is 20.1 Å². The highest BCUT2D eigenvalue weighted by atomic mass is 19.4. The summed E-state index contributed by atoms with van der Waals surface area (Å²) in [6, 6.07) is 7.48. The summed E-state index contributed by atoms with van der Waals surface area (Å²) in [6.07, 6.45) is 0.303. The molecule has 1 aliphatic rings. The molecule has 0 amide bonds. The SMILES string of the molecule is CN=C(NCCc1ccncc1C)N1CCN(Cc2ccc(C(F)(F)F)cc2)CC1. The topological polar surface area (TPSA) is 43.8 Å². The monoisotopic (exact) mass is 419 g/mol. The molecule has 8 heteroatoms. The zero-order valence-corrected chi connectivity index (χ0v) is 17.4. The number of guanidine groups is 1. The zero-order valence-electron chi connectivity index (χ0n) is 17.4. The number of aryl methyl sites for hydroxylation is 1. The van der Waals surface area contributed by atoms with E-state index in [1.165, 1.54) is 11.1 Å². The second-order valence-electron chi connectivity index (χ2n) is 7.48. The number of hydrogen-bond acceptors (Lipinski definition) is 3. The van der Waals surface area contributed by atoms with Crippen molar-refractivity contribution < 1.29 is 13.2 Å². The first kappa shape index (κ1) is 22.1. The molecule has 0 bridgehead atoms. The minimum atomic E-state index is -4.29. The molecule has 1 aromatic carbocycles. The smallest absolute Gasteiger partial charge is 0.356 e.